The van der Waals surface area contributed by atoms with E-state index in [2.05, 4.69) is 11.2 Å². The van der Waals surface area contributed by atoms with Gasteiger partial charge in [0, 0.05) is 25.7 Å². The van der Waals surface area contributed by atoms with Crippen molar-refractivity contribution in [2.75, 3.05) is 26.9 Å². The normalized spacial score (nSPS) is 12.2. The molecule has 0 saturated carbocycles. The number of hydrogen-bond donors (Lipinski definition) is 2. The summed E-state index contributed by atoms with van der Waals surface area (Å²) in [4.78, 5) is 0. The van der Waals surface area contributed by atoms with E-state index in [1.807, 2.05) is 6.92 Å². The van der Waals surface area contributed by atoms with Crippen LogP contribution in [-0.4, -0.2) is 33.0 Å². The van der Waals surface area contributed by atoms with Crippen molar-refractivity contribution in [3.8, 4) is 0 Å². The van der Waals surface area contributed by atoms with Crippen LogP contribution in [0.25, 0.3) is 0 Å². The number of halogens is 2. The van der Waals surface area contributed by atoms with Crippen LogP contribution in [0.4, 0.5) is 0 Å². The Kier molecular flexibility index (Phi) is 45.3. The second-order valence-corrected chi connectivity index (χ2v) is 8.45. The van der Waals surface area contributed by atoms with Crippen molar-refractivity contribution in [1.82, 2.24) is 0 Å². The van der Waals surface area contributed by atoms with Gasteiger partial charge in [-0.05, 0) is 13.3 Å². The van der Waals surface area contributed by atoms with Gasteiger partial charge in [-0.15, -0.1) is 24.8 Å². The molecule has 0 saturated heterocycles. The Bertz CT molecular complexity index is 292. The number of unbranched alkanes of at least 4 members (excludes halogenated alkanes) is 15. The van der Waals surface area contributed by atoms with Crippen LogP contribution in [0, 0.1) is 5.92 Å². The molecular weight excluding hydrogens is 614 g/mol. The van der Waals surface area contributed by atoms with Crippen LogP contribution in [0.15, 0.2) is 0 Å². The van der Waals surface area contributed by atoms with Gasteiger partial charge in [0.05, 0.1) is 13.2 Å². The van der Waals surface area contributed by atoms with E-state index in [0.717, 1.165) is 13.2 Å². The standard InChI is InChI=1S/C24H51NO2.2ClH.H2N.Pt/c1-4-5-6-7-8-9-10-11-12-13-14-15-16-17-18-19-20-27-22-24(21-26-3)23(2)25;;;;/h23-24H,4-22,25H2,1-3H3;2*1H;1H2;/q;;;-1;+1. The van der Waals surface area contributed by atoms with Gasteiger partial charge in [0.25, 0.3) is 0 Å². The van der Waals surface area contributed by atoms with Gasteiger partial charge in [-0.25, -0.2) is 0 Å². The van der Waals surface area contributed by atoms with E-state index in [1.54, 1.807) is 27.2 Å². The van der Waals surface area contributed by atoms with Crippen molar-refractivity contribution in [3.63, 3.8) is 0 Å². The van der Waals surface area contributed by atoms with Crippen molar-refractivity contribution in [2.45, 2.75) is 123 Å². The zero-order chi connectivity index (χ0) is 22.0. The Morgan fingerprint density at radius 1 is 0.645 bits per heavy atom. The number of rotatable bonds is 22. The van der Waals surface area contributed by atoms with Crippen LogP contribution in [0.1, 0.15) is 117 Å². The average Bonchev–Trinajstić information content (AvgIpc) is 2.73. The van der Waals surface area contributed by atoms with Crippen LogP contribution in [0.5, 0.6) is 0 Å². The van der Waals surface area contributed by atoms with Crippen LogP contribution in [0.3, 0.4) is 0 Å². The molecule has 0 aliphatic carbocycles. The summed E-state index contributed by atoms with van der Waals surface area (Å²) in [5.74, 6) is 0.316. The van der Waals surface area contributed by atoms with E-state index in [4.69, 9.17) is 15.2 Å². The van der Waals surface area contributed by atoms with Crippen molar-refractivity contribution in [3.05, 3.63) is 0 Å². The molecule has 7 heteroatoms. The molecule has 0 amide bonds. The third-order valence-corrected chi connectivity index (χ3v) is 5.60. The van der Waals surface area contributed by atoms with Gasteiger partial charge in [-0.1, -0.05) is 103 Å². The second kappa shape index (κ2) is 35.7. The maximum absolute atomic E-state index is 5.94. The molecule has 0 fully saturated rings. The Morgan fingerprint density at radius 3 is 1.32 bits per heavy atom. The third kappa shape index (κ3) is 33.4. The first-order valence-corrected chi connectivity index (χ1v) is 13.5. The summed E-state index contributed by atoms with van der Waals surface area (Å²) in [6.45, 7) is 6.60. The predicted molar refractivity (Wildman–Crippen MR) is 138 cm³/mol. The maximum atomic E-state index is 5.94. The Balaban J connectivity index is -0.000000882. The van der Waals surface area contributed by atoms with Gasteiger partial charge in [0.1, 0.15) is 0 Å². The molecule has 0 aliphatic heterocycles. The fraction of sp³-hybridized carbons (Fsp3) is 1.00. The summed E-state index contributed by atoms with van der Waals surface area (Å²) in [5.41, 5.74) is 5.94. The number of hydrogen-bond acceptors (Lipinski definition) is 4. The zero-order valence-electron chi connectivity index (χ0n) is 20.7. The second-order valence-electron chi connectivity index (χ2n) is 8.45. The monoisotopic (exact) mass is 668 g/mol. The molecule has 197 valence electrons. The molecule has 0 bridgehead atoms. The van der Waals surface area contributed by atoms with Gasteiger partial charge in [0.15, 0.2) is 0 Å². The van der Waals surface area contributed by atoms with Crippen molar-refractivity contribution in [2.24, 2.45) is 15.9 Å². The molecule has 31 heavy (non-hydrogen) atoms. The molecule has 0 spiro atoms. The van der Waals surface area contributed by atoms with Crippen LogP contribution in [-0.2, 0) is 29.5 Å². The van der Waals surface area contributed by atoms with E-state index in [9.17, 15) is 0 Å². The number of methoxy groups -OCH3 is 1. The summed E-state index contributed by atoms with van der Waals surface area (Å²) < 4.78 is 15.4. The molecule has 0 aromatic rings. The van der Waals surface area contributed by atoms with Crippen molar-refractivity contribution < 1.29 is 29.5 Å². The minimum atomic E-state index is 0. The van der Waals surface area contributed by atoms with E-state index in [0.29, 0.717) is 12.5 Å². The molecule has 0 heterocycles. The molecule has 0 radical (unpaired) electrons. The zero-order valence-corrected chi connectivity index (χ0v) is 24.6. The Morgan fingerprint density at radius 2 is 1.00 bits per heavy atom. The molecule has 0 rings (SSSR count). The molecule has 4 N–H and O–H groups in total. The summed E-state index contributed by atoms with van der Waals surface area (Å²) in [5, 5.41) is 0. The van der Waals surface area contributed by atoms with Gasteiger partial charge < -0.3 is 15.2 Å². The summed E-state index contributed by atoms with van der Waals surface area (Å²) in [6, 6.07) is 0.135. The topological polar surface area (TPSA) is 70.5 Å². The van der Waals surface area contributed by atoms with E-state index >= 15 is 0 Å². The van der Waals surface area contributed by atoms with Crippen LogP contribution in [0.2, 0.25) is 0 Å². The Labute approximate surface area is 219 Å². The predicted octanol–water partition coefficient (Wildman–Crippen LogP) is 7.12. The first kappa shape index (κ1) is 39.3. The first-order valence-electron chi connectivity index (χ1n) is 12.2. The molecule has 0 aliphatic rings. The van der Waals surface area contributed by atoms with E-state index < -0.39 is 0 Å². The molecule has 0 aromatic carbocycles. The van der Waals surface area contributed by atoms with Gasteiger partial charge in [0.2, 0.25) is 0 Å². The van der Waals surface area contributed by atoms with Gasteiger partial charge >= 0.3 is 24.4 Å². The summed E-state index contributed by atoms with van der Waals surface area (Å²) in [7, 11) is 1.73. The minimum absolute atomic E-state index is 0. The molecule has 2 atom stereocenters. The molecule has 0 aromatic heterocycles. The number of ether oxygens (including phenoxy) is 2. The van der Waals surface area contributed by atoms with Gasteiger partial charge in [-0.2, -0.15) is 0 Å². The van der Waals surface area contributed by atoms with E-state index in [-0.39, 0.29) is 30.9 Å². The molecular formula is C24H55Cl2N2O2Pt. The third-order valence-electron chi connectivity index (χ3n) is 5.60. The first-order chi connectivity index (χ1) is 14.2. The van der Waals surface area contributed by atoms with Crippen LogP contribution >= 0.6 is 24.8 Å². The molecule has 4 nitrogen and oxygen atoms in total. The summed E-state index contributed by atoms with van der Waals surface area (Å²) in [6.07, 6.45) is 22.5. The average molecular weight is 670 g/mol. The van der Waals surface area contributed by atoms with Gasteiger partial charge in [-0.3, -0.25) is 0 Å². The Hall–Kier alpha value is 1.11. The fourth-order valence-electron chi connectivity index (χ4n) is 3.55. The SMILES string of the molecule is CCCCCCCCCCCCCCCCCCOCC(COC)C(C)N.Cl.Cl.[NH2][Pt]. The quantitative estimate of drug-likeness (QED) is 0.121. The summed E-state index contributed by atoms with van der Waals surface area (Å²) >= 11 is 1.64. The van der Waals surface area contributed by atoms with Crippen molar-refractivity contribution >= 4 is 24.8 Å². The van der Waals surface area contributed by atoms with Crippen LogP contribution < -0.4 is 10.0 Å². The fourth-order valence-corrected chi connectivity index (χ4v) is 3.55. The van der Waals surface area contributed by atoms with E-state index in [1.165, 1.54) is 103 Å². The number of nitrogens with two attached hydrogens (primary N) is 2. The van der Waals surface area contributed by atoms with Crippen molar-refractivity contribution in [1.29, 1.82) is 0 Å². The molecule has 2 unspecified atom stereocenters.